The average molecular weight is 680 g/mol. The molecule has 3 aromatic heterocycles. The molecule has 3 fully saturated rings. The Morgan fingerprint density at radius 1 is 1.08 bits per heavy atom. The lowest BCUT2D eigenvalue weighted by molar-refractivity contribution is 0.0942. The number of ether oxygens (including phenoxy) is 1. The van der Waals surface area contributed by atoms with E-state index in [9.17, 15) is 10.1 Å². The highest BCUT2D eigenvalue weighted by Gasteiger charge is 2.51. The molecule has 2 N–H and O–H groups in total. The van der Waals surface area contributed by atoms with Crippen LogP contribution in [0.1, 0.15) is 60.1 Å². The zero-order valence-corrected chi connectivity index (χ0v) is 28.8. The van der Waals surface area contributed by atoms with Gasteiger partial charge in [-0.05, 0) is 57.7 Å². The first-order valence-electron chi connectivity index (χ1n) is 17.1. The molecule has 1 atom stereocenters. The summed E-state index contributed by atoms with van der Waals surface area (Å²) >= 11 is 1.49. The van der Waals surface area contributed by atoms with Crippen LogP contribution in [-0.2, 0) is 23.2 Å². The number of aryl methyl sites for hydroxylation is 1. The Hall–Kier alpha value is -4.67. The summed E-state index contributed by atoms with van der Waals surface area (Å²) in [5.41, 5.74) is 9.84. The highest BCUT2D eigenvalue weighted by Crippen LogP contribution is 2.49. The molecule has 0 radical (unpaired) electrons. The monoisotopic (exact) mass is 679 g/mol. The first-order chi connectivity index (χ1) is 23.8. The van der Waals surface area contributed by atoms with Crippen LogP contribution in [0.25, 0.3) is 11.5 Å². The van der Waals surface area contributed by atoms with Crippen molar-refractivity contribution in [1.29, 1.82) is 5.26 Å². The van der Waals surface area contributed by atoms with Gasteiger partial charge >= 0.3 is 6.09 Å². The van der Waals surface area contributed by atoms with Gasteiger partial charge in [-0.25, -0.2) is 9.78 Å². The number of carbonyl (C=O) groups is 1. The Balaban J connectivity index is 1.08. The lowest BCUT2D eigenvalue weighted by atomic mass is 9.72. The molecule has 2 aliphatic carbocycles. The third kappa shape index (κ3) is 5.76. The Kier molecular flexibility index (Phi) is 7.95. The van der Waals surface area contributed by atoms with Crippen molar-refractivity contribution >= 4 is 33.9 Å². The molecule has 1 unspecified atom stereocenters. The fraction of sp³-hybridized carbons (Fsp3) is 0.472. The smallest absolute Gasteiger partial charge is 0.410 e. The molecule has 1 aromatic carbocycles. The number of hydrogen-bond donors (Lipinski definition) is 1. The highest BCUT2D eigenvalue weighted by molar-refractivity contribution is 7.16. The number of carbonyl (C=O) groups excluding carboxylic acids is 1. The molecule has 13 heteroatoms. The van der Waals surface area contributed by atoms with Crippen LogP contribution >= 0.6 is 11.3 Å². The number of nitrogens with two attached hydrogens (primary N) is 1. The van der Waals surface area contributed by atoms with E-state index in [1.807, 2.05) is 36.4 Å². The van der Waals surface area contributed by atoms with Gasteiger partial charge in [0.2, 0.25) is 11.7 Å². The van der Waals surface area contributed by atoms with Crippen LogP contribution in [0.4, 0.5) is 21.3 Å². The molecular weight excluding hydrogens is 639 g/mol. The normalized spacial score (nSPS) is 21.8. The summed E-state index contributed by atoms with van der Waals surface area (Å²) in [6.45, 7) is 7.62. The number of nitrogen functional groups attached to an aromatic ring is 1. The molecule has 1 amide bonds. The second-order valence-electron chi connectivity index (χ2n) is 14.1. The average Bonchev–Trinajstić information content (AvgIpc) is 3.52. The summed E-state index contributed by atoms with van der Waals surface area (Å²) in [5.74, 6) is 1.82. The quantitative estimate of drug-likeness (QED) is 0.293. The summed E-state index contributed by atoms with van der Waals surface area (Å²) in [6.07, 6.45) is 4.60. The Morgan fingerprint density at radius 3 is 2.63 bits per heavy atom. The number of pyridine rings is 1. The van der Waals surface area contributed by atoms with Crippen molar-refractivity contribution in [3.8, 4) is 17.6 Å². The van der Waals surface area contributed by atoms with Crippen molar-refractivity contribution in [1.82, 2.24) is 24.9 Å². The van der Waals surface area contributed by atoms with Crippen molar-refractivity contribution in [2.24, 2.45) is 0 Å². The second-order valence-corrected chi connectivity index (χ2v) is 15.2. The van der Waals surface area contributed by atoms with E-state index in [4.69, 9.17) is 25.0 Å². The molecule has 1 spiro atoms. The van der Waals surface area contributed by atoms with Gasteiger partial charge in [-0.3, -0.25) is 0 Å². The van der Waals surface area contributed by atoms with Crippen molar-refractivity contribution in [3.05, 3.63) is 69.9 Å². The standard InChI is InChI=1S/C36H41N9O3S/c1-35(10-6-9-28-30(35)26(21-37)31(38)49-28)33-40-32(41-48-33)27-19-25(20-29(39-27)45-18-13-42(2)23-36(45)11-12-36)43-14-16-44(17-15-43)34(46)47-22-24-7-4-3-5-8-24/h3-5,7-8,19-20H,6,9-18,22-23,38H2,1-2H3. The molecule has 4 aromatic rings. The van der Waals surface area contributed by atoms with Crippen molar-refractivity contribution in [2.75, 3.05) is 68.4 Å². The van der Waals surface area contributed by atoms with Gasteiger partial charge in [-0.15, -0.1) is 11.3 Å². The molecular formula is C36H41N9O3S. The number of aromatic nitrogens is 3. The lowest BCUT2D eigenvalue weighted by Crippen LogP contribution is -2.54. The molecule has 8 rings (SSSR count). The van der Waals surface area contributed by atoms with Crippen LogP contribution in [0.3, 0.4) is 0 Å². The van der Waals surface area contributed by atoms with E-state index in [1.165, 1.54) is 11.3 Å². The zero-order valence-electron chi connectivity index (χ0n) is 28.0. The SMILES string of the molecule is CN1CCN(c2cc(N3CCN(C(=O)OCc4ccccc4)CC3)cc(-c3noc(C4(C)CCCc5sc(N)c(C#N)c54)n3)n2)C2(CC2)C1. The number of nitriles is 1. The van der Waals surface area contributed by atoms with Crippen LogP contribution < -0.4 is 15.5 Å². The molecule has 4 aliphatic rings. The Labute approximate surface area is 290 Å². The summed E-state index contributed by atoms with van der Waals surface area (Å²) in [6, 6.07) is 16.3. The van der Waals surface area contributed by atoms with E-state index in [2.05, 4.69) is 46.0 Å². The van der Waals surface area contributed by atoms with Gasteiger partial charge in [-0.1, -0.05) is 35.5 Å². The molecule has 2 saturated heterocycles. The minimum absolute atomic E-state index is 0.0953. The fourth-order valence-electron chi connectivity index (χ4n) is 7.86. The van der Waals surface area contributed by atoms with Crippen LogP contribution in [0.2, 0.25) is 0 Å². The molecule has 2 aliphatic heterocycles. The predicted molar refractivity (Wildman–Crippen MR) is 188 cm³/mol. The number of benzene rings is 1. The van der Waals surface area contributed by atoms with Gasteiger partial charge < -0.3 is 34.6 Å². The highest BCUT2D eigenvalue weighted by atomic mass is 32.1. The van der Waals surface area contributed by atoms with Gasteiger partial charge in [0, 0.05) is 68.0 Å². The molecule has 1 saturated carbocycles. The van der Waals surface area contributed by atoms with E-state index in [0.29, 0.717) is 54.2 Å². The molecule has 12 nitrogen and oxygen atoms in total. The lowest BCUT2D eigenvalue weighted by Gasteiger charge is -2.42. The topological polar surface area (TPSA) is 141 Å². The maximum atomic E-state index is 12.9. The van der Waals surface area contributed by atoms with E-state index in [1.54, 1.807) is 4.90 Å². The van der Waals surface area contributed by atoms with Crippen molar-refractivity contribution in [2.45, 2.75) is 56.6 Å². The number of anilines is 3. The maximum Gasteiger partial charge on any atom is 0.410 e. The van der Waals surface area contributed by atoms with Gasteiger partial charge in [0.15, 0.2) is 0 Å². The fourth-order valence-corrected chi connectivity index (χ4v) is 9.05. The molecule has 49 heavy (non-hydrogen) atoms. The van der Waals surface area contributed by atoms with Crippen LogP contribution in [0.15, 0.2) is 47.0 Å². The predicted octanol–water partition coefficient (Wildman–Crippen LogP) is 5.03. The summed E-state index contributed by atoms with van der Waals surface area (Å²) in [5, 5.41) is 15.0. The summed E-state index contributed by atoms with van der Waals surface area (Å²) < 4.78 is 11.6. The number of hydrogen-bond acceptors (Lipinski definition) is 12. The van der Waals surface area contributed by atoms with Crippen LogP contribution in [-0.4, -0.2) is 89.4 Å². The molecule has 5 heterocycles. The molecule has 0 bridgehead atoms. The number of amides is 1. The first kappa shape index (κ1) is 31.6. The number of likely N-dealkylation sites (N-methyl/N-ethyl adjacent to an activating group) is 1. The van der Waals surface area contributed by atoms with Crippen molar-refractivity contribution < 1.29 is 14.1 Å². The minimum Gasteiger partial charge on any atom is -0.445 e. The minimum atomic E-state index is -0.612. The number of rotatable bonds is 6. The number of fused-ring (bicyclic) bond motifs is 1. The Morgan fingerprint density at radius 2 is 1.88 bits per heavy atom. The first-order valence-corrected chi connectivity index (χ1v) is 17.9. The van der Waals surface area contributed by atoms with E-state index in [-0.39, 0.29) is 18.2 Å². The van der Waals surface area contributed by atoms with Crippen LogP contribution in [0.5, 0.6) is 0 Å². The summed E-state index contributed by atoms with van der Waals surface area (Å²) in [7, 11) is 2.19. The van der Waals surface area contributed by atoms with E-state index >= 15 is 0 Å². The third-order valence-corrected chi connectivity index (χ3v) is 11.8. The van der Waals surface area contributed by atoms with E-state index in [0.717, 1.165) is 79.2 Å². The number of thiophene rings is 1. The van der Waals surface area contributed by atoms with Crippen molar-refractivity contribution in [3.63, 3.8) is 0 Å². The molecule has 254 valence electrons. The maximum absolute atomic E-state index is 12.9. The second kappa shape index (κ2) is 12.3. The van der Waals surface area contributed by atoms with Gasteiger partial charge in [0.1, 0.15) is 29.2 Å². The number of piperazine rings is 2. The van der Waals surface area contributed by atoms with Gasteiger partial charge in [-0.2, -0.15) is 10.2 Å². The largest absolute Gasteiger partial charge is 0.445 e. The zero-order chi connectivity index (χ0) is 33.8. The van der Waals surface area contributed by atoms with E-state index < -0.39 is 5.41 Å². The van der Waals surface area contributed by atoms with Crippen LogP contribution in [0, 0.1) is 11.3 Å². The van der Waals surface area contributed by atoms with Gasteiger partial charge in [0.05, 0.1) is 16.5 Å². The van der Waals surface area contributed by atoms with Gasteiger partial charge in [0.25, 0.3) is 0 Å². The third-order valence-electron chi connectivity index (χ3n) is 10.7. The Bertz CT molecular complexity index is 1910. The summed E-state index contributed by atoms with van der Waals surface area (Å²) in [4.78, 5) is 33.1. The number of nitrogens with zero attached hydrogens (tertiary/aromatic N) is 8.